The van der Waals surface area contributed by atoms with E-state index in [9.17, 15) is 14.4 Å². The molecule has 2 heterocycles. The second kappa shape index (κ2) is 6.72. The Balaban J connectivity index is 2.05. The van der Waals surface area contributed by atoms with Crippen LogP contribution in [0.15, 0.2) is 16.9 Å². The molecule has 0 aromatic carbocycles. The van der Waals surface area contributed by atoms with Gasteiger partial charge in [0.15, 0.2) is 0 Å². The first-order valence-corrected chi connectivity index (χ1v) is 7.37. The molecule has 1 unspecified atom stereocenters. The first kappa shape index (κ1) is 16.2. The van der Waals surface area contributed by atoms with Crippen LogP contribution < -0.4 is 5.56 Å². The summed E-state index contributed by atoms with van der Waals surface area (Å²) in [5, 5.41) is 4.13. The lowest BCUT2D eigenvalue weighted by atomic mass is 9.96. The average molecular weight is 307 g/mol. The Bertz CT molecular complexity index is 617. The molecule has 0 radical (unpaired) electrons. The van der Waals surface area contributed by atoms with Crippen molar-refractivity contribution in [2.45, 2.75) is 32.7 Å². The van der Waals surface area contributed by atoms with Gasteiger partial charge in [0, 0.05) is 19.2 Å². The van der Waals surface area contributed by atoms with E-state index in [4.69, 9.17) is 4.74 Å². The second-order valence-electron chi connectivity index (χ2n) is 5.56. The van der Waals surface area contributed by atoms with Crippen molar-refractivity contribution in [1.82, 2.24) is 14.7 Å². The first-order chi connectivity index (χ1) is 10.4. The summed E-state index contributed by atoms with van der Waals surface area (Å²) < 4.78 is 5.95. The highest BCUT2D eigenvalue weighted by Crippen LogP contribution is 2.20. The van der Waals surface area contributed by atoms with Crippen molar-refractivity contribution in [3.63, 3.8) is 0 Å². The van der Waals surface area contributed by atoms with Gasteiger partial charge in [0.25, 0.3) is 5.56 Å². The van der Waals surface area contributed by atoms with Gasteiger partial charge in [-0.15, -0.1) is 0 Å². The Morgan fingerprint density at radius 2 is 1.95 bits per heavy atom. The van der Waals surface area contributed by atoms with Crippen LogP contribution in [-0.2, 0) is 14.3 Å². The van der Waals surface area contributed by atoms with Crippen molar-refractivity contribution in [2.75, 3.05) is 20.2 Å². The summed E-state index contributed by atoms with van der Waals surface area (Å²) in [5.41, 5.74) is 0.388. The summed E-state index contributed by atoms with van der Waals surface area (Å²) in [6.45, 7) is 4.42. The van der Waals surface area contributed by atoms with Gasteiger partial charge in [0.2, 0.25) is 5.91 Å². The molecule has 1 atom stereocenters. The number of rotatable bonds is 3. The van der Waals surface area contributed by atoms with Crippen molar-refractivity contribution in [3.05, 3.63) is 28.2 Å². The van der Waals surface area contributed by atoms with E-state index in [1.54, 1.807) is 24.8 Å². The van der Waals surface area contributed by atoms with Crippen molar-refractivity contribution in [1.29, 1.82) is 0 Å². The number of esters is 1. The van der Waals surface area contributed by atoms with Crippen LogP contribution in [0.25, 0.3) is 0 Å². The quantitative estimate of drug-likeness (QED) is 0.761. The lowest BCUT2D eigenvalue weighted by Gasteiger charge is -2.32. The van der Waals surface area contributed by atoms with Crippen LogP contribution in [-0.4, -0.2) is 46.8 Å². The highest BCUT2D eigenvalue weighted by Gasteiger charge is 2.30. The molecule has 1 fully saturated rings. The summed E-state index contributed by atoms with van der Waals surface area (Å²) in [7, 11) is 1.37. The van der Waals surface area contributed by atoms with Crippen molar-refractivity contribution in [2.24, 2.45) is 5.92 Å². The third kappa shape index (κ3) is 3.35. The molecule has 1 amide bonds. The number of methoxy groups -OCH3 is 1. The van der Waals surface area contributed by atoms with Gasteiger partial charge in [-0.1, -0.05) is 0 Å². The fourth-order valence-corrected chi connectivity index (χ4v) is 2.67. The maximum atomic E-state index is 12.5. The Hall–Kier alpha value is -2.18. The Morgan fingerprint density at radius 3 is 2.55 bits per heavy atom. The van der Waals surface area contributed by atoms with Gasteiger partial charge in [0.1, 0.15) is 6.04 Å². The van der Waals surface area contributed by atoms with Gasteiger partial charge in [-0.2, -0.15) is 5.10 Å². The summed E-state index contributed by atoms with van der Waals surface area (Å²) in [6.07, 6.45) is 1.17. The van der Waals surface area contributed by atoms with Gasteiger partial charge in [0.05, 0.1) is 18.7 Å². The van der Waals surface area contributed by atoms with Gasteiger partial charge in [-0.3, -0.25) is 14.4 Å². The van der Waals surface area contributed by atoms with E-state index in [0.717, 1.165) is 0 Å². The minimum Gasteiger partial charge on any atom is -0.469 e. The number of hydrogen-bond acceptors (Lipinski definition) is 5. The number of piperidine rings is 1. The van der Waals surface area contributed by atoms with E-state index in [-0.39, 0.29) is 23.4 Å². The molecule has 0 saturated carbocycles. The lowest BCUT2D eigenvalue weighted by molar-refractivity contribution is -0.149. The fraction of sp³-hybridized carbons (Fsp3) is 0.600. The Labute approximate surface area is 128 Å². The molecule has 7 heteroatoms. The number of ether oxygens (including phenoxy) is 1. The molecule has 1 aromatic heterocycles. The van der Waals surface area contributed by atoms with E-state index < -0.39 is 6.04 Å². The number of nitrogens with zero attached hydrogens (tertiary/aromatic N) is 3. The minimum absolute atomic E-state index is 0.149. The predicted octanol–water partition coefficient (Wildman–Crippen LogP) is 0.524. The first-order valence-electron chi connectivity index (χ1n) is 7.37. The zero-order valence-corrected chi connectivity index (χ0v) is 13.1. The highest BCUT2D eigenvalue weighted by atomic mass is 16.5. The number of likely N-dealkylation sites (tertiary alicyclic amines) is 1. The van der Waals surface area contributed by atoms with E-state index in [1.165, 1.54) is 17.9 Å². The monoisotopic (exact) mass is 307 g/mol. The topological polar surface area (TPSA) is 81.5 Å². The van der Waals surface area contributed by atoms with E-state index in [2.05, 4.69) is 5.10 Å². The Kier molecular flexibility index (Phi) is 4.95. The number of amides is 1. The van der Waals surface area contributed by atoms with E-state index in [0.29, 0.717) is 31.6 Å². The van der Waals surface area contributed by atoms with Crippen LogP contribution in [0.1, 0.15) is 31.5 Å². The van der Waals surface area contributed by atoms with Crippen LogP contribution in [0, 0.1) is 12.8 Å². The largest absolute Gasteiger partial charge is 0.469 e. The summed E-state index contributed by atoms with van der Waals surface area (Å²) in [6, 6.07) is 2.38. The van der Waals surface area contributed by atoms with Gasteiger partial charge in [-0.05, 0) is 32.8 Å². The van der Waals surface area contributed by atoms with Crippen molar-refractivity contribution >= 4 is 11.9 Å². The van der Waals surface area contributed by atoms with Crippen LogP contribution >= 0.6 is 0 Å². The Morgan fingerprint density at radius 1 is 1.32 bits per heavy atom. The second-order valence-corrected chi connectivity index (χ2v) is 5.56. The van der Waals surface area contributed by atoms with Crippen molar-refractivity contribution < 1.29 is 14.3 Å². The fourth-order valence-electron chi connectivity index (χ4n) is 2.67. The summed E-state index contributed by atoms with van der Waals surface area (Å²) in [5.74, 6) is -0.524. The maximum Gasteiger partial charge on any atom is 0.308 e. The standard InChI is InChI=1S/C15H21N3O4/c1-10-4-5-13(19)18(16-10)11(2)14(20)17-8-6-12(7-9-17)15(21)22-3/h4-5,11-12H,6-9H2,1-3H3. The zero-order valence-electron chi connectivity index (χ0n) is 13.1. The SMILES string of the molecule is COC(=O)C1CCN(C(=O)C(C)n2nc(C)ccc2=O)CC1. The van der Waals surface area contributed by atoms with Crippen LogP contribution in [0.4, 0.5) is 0 Å². The number of carbonyl (C=O) groups excluding carboxylic acids is 2. The summed E-state index contributed by atoms with van der Waals surface area (Å²) in [4.78, 5) is 37.5. The molecule has 0 bridgehead atoms. The molecule has 120 valence electrons. The van der Waals surface area contributed by atoms with Gasteiger partial charge in [-0.25, -0.2) is 4.68 Å². The minimum atomic E-state index is -0.651. The number of aromatic nitrogens is 2. The molecular formula is C15H21N3O4. The molecule has 2 rings (SSSR count). The maximum absolute atomic E-state index is 12.5. The smallest absolute Gasteiger partial charge is 0.308 e. The van der Waals surface area contributed by atoms with E-state index in [1.807, 2.05) is 0 Å². The molecule has 1 aliphatic heterocycles. The third-order valence-corrected chi connectivity index (χ3v) is 4.02. The molecule has 1 saturated heterocycles. The van der Waals surface area contributed by atoms with Gasteiger partial charge < -0.3 is 9.64 Å². The highest BCUT2D eigenvalue weighted by molar-refractivity contribution is 5.80. The van der Waals surface area contributed by atoms with Crippen LogP contribution in [0.2, 0.25) is 0 Å². The molecule has 0 spiro atoms. The predicted molar refractivity (Wildman–Crippen MR) is 79.3 cm³/mol. The van der Waals surface area contributed by atoms with Crippen LogP contribution in [0.3, 0.4) is 0 Å². The number of carbonyl (C=O) groups is 2. The molecule has 22 heavy (non-hydrogen) atoms. The zero-order chi connectivity index (χ0) is 16.3. The third-order valence-electron chi connectivity index (χ3n) is 4.02. The average Bonchev–Trinajstić information content (AvgIpc) is 2.55. The van der Waals surface area contributed by atoms with E-state index >= 15 is 0 Å². The van der Waals surface area contributed by atoms with Crippen molar-refractivity contribution in [3.8, 4) is 0 Å². The van der Waals surface area contributed by atoms with Gasteiger partial charge >= 0.3 is 5.97 Å². The molecule has 0 N–H and O–H groups in total. The summed E-state index contributed by atoms with van der Waals surface area (Å²) >= 11 is 0. The molecular weight excluding hydrogens is 286 g/mol. The van der Waals surface area contributed by atoms with Crippen LogP contribution in [0.5, 0.6) is 0 Å². The lowest BCUT2D eigenvalue weighted by Crippen LogP contribution is -2.45. The molecule has 1 aromatic rings. The number of hydrogen-bond donors (Lipinski definition) is 0. The molecule has 0 aliphatic carbocycles. The molecule has 1 aliphatic rings. The molecule has 7 nitrogen and oxygen atoms in total. The normalized spacial score (nSPS) is 17.1. The number of aryl methyl sites for hydroxylation is 1.